The summed E-state index contributed by atoms with van der Waals surface area (Å²) in [5.74, 6) is 1.03. The lowest BCUT2D eigenvalue weighted by Gasteiger charge is -2.18. The summed E-state index contributed by atoms with van der Waals surface area (Å²) in [6, 6.07) is 2.30. The van der Waals surface area contributed by atoms with E-state index in [0.29, 0.717) is 6.04 Å². The molecule has 2 heterocycles. The van der Waals surface area contributed by atoms with Crippen molar-refractivity contribution in [2.75, 3.05) is 18.0 Å². The number of nitrogens with two attached hydrogens (primary N) is 1. The van der Waals surface area contributed by atoms with Crippen molar-refractivity contribution in [2.45, 2.75) is 19.4 Å². The largest absolute Gasteiger partial charge is 0.354 e. The van der Waals surface area contributed by atoms with Crippen LogP contribution in [0.3, 0.4) is 0 Å². The first-order valence-corrected chi connectivity index (χ1v) is 5.59. The van der Waals surface area contributed by atoms with Crippen molar-refractivity contribution in [3.05, 3.63) is 22.3 Å². The molecule has 3 nitrogen and oxygen atoms in total. The summed E-state index contributed by atoms with van der Waals surface area (Å²) < 4.78 is 1.09. The highest BCUT2D eigenvalue weighted by Gasteiger charge is 2.22. The smallest absolute Gasteiger partial charge is 0.143 e. The number of pyridine rings is 1. The number of halogens is 1. The highest BCUT2D eigenvalue weighted by molar-refractivity contribution is 9.10. The van der Waals surface area contributed by atoms with Crippen LogP contribution in [0.25, 0.3) is 0 Å². The summed E-state index contributed by atoms with van der Waals surface area (Å²) in [6.45, 7) is 4.00. The minimum atomic E-state index is 0.296. The van der Waals surface area contributed by atoms with Gasteiger partial charge >= 0.3 is 0 Å². The molecular formula is C10H14BrN3. The SMILES string of the molecule is Cc1ccnc(N2CCC(N)C2)c1Br. The van der Waals surface area contributed by atoms with Gasteiger partial charge in [-0.25, -0.2) is 4.98 Å². The molecular weight excluding hydrogens is 242 g/mol. The first-order valence-electron chi connectivity index (χ1n) is 4.80. The third-order valence-corrected chi connectivity index (χ3v) is 3.57. The molecule has 14 heavy (non-hydrogen) atoms. The quantitative estimate of drug-likeness (QED) is 0.831. The van der Waals surface area contributed by atoms with E-state index in [1.54, 1.807) is 0 Å². The van der Waals surface area contributed by atoms with E-state index in [1.165, 1.54) is 5.56 Å². The third kappa shape index (κ3) is 1.77. The van der Waals surface area contributed by atoms with E-state index in [2.05, 4.69) is 32.7 Å². The first kappa shape index (κ1) is 9.93. The van der Waals surface area contributed by atoms with E-state index in [0.717, 1.165) is 29.8 Å². The van der Waals surface area contributed by atoms with Crippen molar-refractivity contribution in [1.82, 2.24) is 4.98 Å². The molecule has 0 radical (unpaired) electrons. The summed E-state index contributed by atoms with van der Waals surface area (Å²) in [6.07, 6.45) is 2.90. The minimum Gasteiger partial charge on any atom is -0.354 e. The van der Waals surface area contributed by atoms with E-state index < -0.39 is 0 Å². The van der Waals surface area contributed by atoms with E-state index in [1.807, 2.05) is 12.3 Å². The van der Waals surface area contributed by atoms with Crippen LogP contribution in [0, 0.1) is 6.92 Å². The fourth-order valence-electron chi connectivity index (χ4n) is 1.73. The first-order chi connectivity index (χ1) is 6.68. The Kier molecular flexibility index (Phi) is 2.74. The lowest BCUT2D eigenvalue weighted by atomic mass is 10.3. The molecule has 4 heteroatoms. The Morgan fingerprint density at radius 2 is 2.43 bits per heavy atom. The molecule has 1 saturated heterocycles. The van der Waals surface area contributed by atoms with Gasteiger partial charge in [-0.3, -0.25) is 0 Å². The molecule has 2 rings (SSSR count). The van der Waals surface area contributed by atoms with Crippen molar-refractivity contribution in [1.29, 1.82) is 0 Å². The molecule has 1 aromatic rings. The fraction of sp³-hybridized carbons (Fsp3) is 0.500. The van der Waals surface area contributed by atoms with E-state index in [9.17, 15) is 0 Å². The molecule has 0 aromatic carbocycles. The van der Waals surface area contributed by atoms with Crippen molar-refractivity contribution in [3.63, 3.8) is 0 Å². The summed E-state index contributed by atoms with van der Waals surface area (Å²) in [5, 5.41) is 0. The molecule has 2 N–H and O–H groups in total. The highest BCUT2D eigenvalue weighted by Crippen LogP contribution is 2.28. The molecule has 76 valence electrons. The second kappa shape index (κ2) is 3.87. The van der Waals surface area contributed by atoms with Crippen LogP contribution in [0.4, 0.5) is 5.82 Å². The maximum atomic E-state index is 5.87. The molecule has 0 aliphatic carbocycles. The van der Waals surface area contributed by atoms with Gasteiger partial charge in [-0.1, -0.05) is 0 Å². The van der Waals surface area contributed by atoms with E-state index in [-0.39, 0.29) is 0 Å². The molecule has 1 aliphatic heterocycles. The number of aryl methyl sites for hydroxylation is 1. The lowest BCUT2D eigenvalue weighted by Crippen LogP contribution is -2.27. The van der Waals surface area contributed by atoms with Crippen LogP contribution in [0.5, 0.6) is 0 Å². The Morgan fingerprint density at radius 1 is 1.64 bits per heavy atom. The Hall–Kier alpha value is -0.610. The lowest BCUT2D eigenvalue weighted by molar-refractivity contribution is 0.751. The molecule has 0 saturated carbocycles. The van der Waals surface area contributed by atoms with Gasteiger partial charge in [0.25, 0.3) is 0 Å². The topological polar surface area (TPSA) is 42.2 Å². The predicted molar refractivity (Wildman–Crippen MR) is 61.5 cm³/mol. The summed E-state index contributed by atoms with van der Waals surface area (Å²) in [4.78, 5) is 6.62. The average molecular weight is 256 g/mol. The van der Waals surface area contributed by atoms with Gasteiger partial charge in [0.05, 0.1) is 4.47 Å². The zero-order chi connectivity index (χ0) is 10.1. The molecule has 0 spiro atoms. The van der Waals surface area contributed by atoms with E-state index >= 15 is 0 Å². The Bertz CT molecular complexity index is 340. The number of hydrogen-bond acceptors (Lipinski definition) is 3. The van der Waals surface area contributed by atoms with Crippen LogP contribution in [0.1, 0.15) is 12.0 Å². The fourth-order valence-corrected chi connectivity index (χ4v) is 2.21. The monoisotopic (exact) mass is 255 g/mol. The van der Waals surface area contributed by atoms with Crippen molar-refractivity contribution in [2.24, 2.45) is 5.73 Å². The molecule has 1 unspecified atom stereocenters. The standard InChI is InChI=1S/C10H14BrN3/c1-7-2-4-13-10(9(7)11)14-5-3-8(12)6-14/h2,4,8H,3,5-6,12H2,1H3. The van der Waals surface area contributed by atoms with Gasteiger partial charge in [0.15, 0.2) is 0 Å². The van der Waals surface area contributed by atoms with Crippen LogP contribution in [0.15, 0.2) is 16.7 Å². The van der Waals surface area contributed by atoms with Crippen LogP contribution >= 0.6 is 15.9 Å². The number of aromatic nitrogens is 1. The van der Waals surface area contributed by atoms with Gasteiger partial charge in [0, 0.05) is 25.3 Å². The zero-order valence-electron chi connectivity index (χ0n) is 8.20. The number of hydrogen-bond donors (Lipinski definition) is 1. The van der Waals surface area contributed by atoms with Crippen LogP contribution in [0.2, 0.25) is 0 Å². The number of anilines is 1. The Morgan fingerprint density at radius 3 is 3.07 bits per heavy atom. The normalized spacial score (nSPS) is 21.6. The van der Waals surface area contributed by atoms with Crippen LogP contribution in [-0.4, -0.2) is 24.1 Å². The molecule has 0 amide bonds. The molecule has 1 aromatic heterocycles. The molecule has 1 fully saturated rings. The van der Waals surface area contributed by atoms with Gasteiger partial charge in [-0.15, -0.1) is 0 Å². The average Bonchev–Trinajstić information content (AvgIpc) is 2.57. The number of rotatable bonds is 1. The second-order valence-corrected chi connectivity index (χ2v) is 4.55. The Balaban J connectivity index is 2.28. The van der Waals surface area contributed by atoms with Gasteiger partial charge in [-0.05, 0) is 40.9 Å². The molecule has 1 atom stereocenters. The van der Waals surface area contributed by atoms with Gasteiger partial charge in [0.1, 0.15) is 5.82 Å². The zero-order valence-corrected chi connectivity index (χ0v) is 9.79. The predicted octanol–water partition coefficient (Wildman–Crippen LogP) is 1.69. The summed E-state index contributed by atoms with van der Waals surface area (Å²) >= 11 is 3.57. The van der Waals surface area contributed by atoms with Crippen molar-refractivity contribution < 1.29 is 0 Å². The third-order valence-electron chi connectivity index (χ3n) is 2.59. The van der Waals surface area contributed by atoms with Crippen LogP contribution in [-0.2, 0) is 0 Å². The second-order valence-electron chi connectivity index (χ2n) is 3.76. The van der Waals surface area contributed by atoms with Gasteiger partial charge < -0.3 is 10.6 Å². The van der Waals surface area contributed by atoms with Crippen molar-refractivity contribution >= 4 is 21.7 Å². The summed E-state index contributed by atoms with van der Waals surface area (Å²) in [7, 11) is 0. The summed E-state index contributed by atoms with van der Waals surface area (Å²) in [5.41, 5.74) is 7.08. The van der Waals surface area contributed by atoms with Gasteiger partial charge in [0.2, 0.25) is 0 Å². The maximum absolute atomic E-state index is 5.87. The van der Waals surface area contributed by atoms with Crippen LogP contribution < -0.4 is 10.6 Å². The van der Waals surface area contributed by atoms with E-state index in [4.69, 9.17) is 5.73 Å². The Labute approximate surface area is 92.4 Å². The highest BCUT2D eigenvalue weighted by atomic mass is 79.9. The minimum absolute atomic E-state index is 0.296. The van der Waals surface area contributed by atoms with Crippen molar-refractivity contribution in [3.8, 4) is 0 Å². The molecule has 0 bridgehead atoms. The number of nitrogens with zero attached hydrogens (tertiary/aromatic N) is 2. The van der Waals surface area contributed by atoms with Gasteiger partial charge in [-0.2, -0.15) is 0 Å². The maximum Gasteiger partial charge on any atom is 0.143 e. The molecule has 1 aliphatic rings.